The van der Waals surface area contributed by atoms with E-state index in [0.29, 0.717) is 17.6 Å². The van der Waals surface area contributed by atoms with Crippen LogP contribution in [0, 0.1) is 19.7 Å². The number of amides is 1. The number of hydrogen-bond donors (Lipinski definition) is 0. The van der Waals surface area contributed by atoms with Crippen molar-refractivity contribution in [1.29, 1.82) is 0 Å². The maximum absolute atomic E-state index is 13.6. The molecule has 0 fully saturated rings. The molecule has 2 aromatic heterocycles. The minimum absolute atomic E-state index is 0.105. The molecule has 3 aromatic rings. The van der Waals surface area contributed by atoms with E-state index in [1.807, 2.05) is 13.8 Å². The SMILES string of the molecule is Cc1sc2ncn(CCC(=O)N3CCCc4ccc(F)cc43)c(=O)c2c1C. The molecule has 7 heteroatoms. The van der Waals surface area contributed by atoms with Gasteiger partial charge in [0.1, 0.15) is 10.6 Å². The Balaban J connectivity index is 1.57. The molecule has 1 aromatic carbocycles. The van der Waals surface area contributed by atoms with E-state index in [4.69, 9.17) is 0 Å². The van der Waals surface area contributed by atoms with Crippen molar-refractivity contribution < 1.29 is 9.18 Å². The Bertz CT molecular complexity index is 1100. The molecule has 0 aliphatic carbocycles. The zero-order chi connectivity index (χ0) is 19.1. The summed E-state index contributed by atoms with van der Waals surface area (Å²) in [4.78, 5) is 33.3. The lowest BCUT2D eigenvalue weighted by molar-refractivity contribution is -0.118. The highest BCUT2D eigenvalue weighted by Gasteiger charge is 2.23. The quantitative estimate of drug-likeness (QED) is 0.692. The molecule has 0 radical (unpaired) electrons. The normalized spacial score (nSPS) is 13.8. The predicted molar refractivity (Wildman–Crippen MR) is 105 cm³/mol. The summed E-state index contributed by atoms with van der Waals surface area (Å²) in [5.74, 6) is -0.450. The molecule has 4 rings (SSSR count). The molecular formula is C20H20FN3O2S. The number of benzene rings is 1. The van der Waals surface area contributed by atoms with Crippen molar-refractivity contribution >= 4 is 33.1 Å². The Morgan fingerprint density at radius 3 is 2.96 bits per heavy atom. The third-order valence-corrected chi connectivity index (χ3v) is 6.30. The van der Waals surface area contributed by atoms with Crippen LogP contribution in [0.3, 0.4) is 0 Å². The Kier molecular flexibility index (Phi) is 4.55. The molecule has 0 unspecified atom stereocenters. The van der Waals surface area contributed by atoms with Gasteiger partial charge in [0.15, 0.2) is 0 Å². The molecule has 1 aliphatic heterocycles. The van der Waals surface area contributed by atoms with Gasteiger partial charge in [0.25, 0.3) is 5.56 Å². The third-order valence-electron chi connectivity index (χ3n) is 5.19. The van der Waals surface area contributed by atoms with Gasteiger partial charge >= 0.3 is 0 Å². The molecule has 0 bridgehead atoms. The minimum Gasteiger partial charge on any atom is -0.312 e. The van der Waals surface area contributed by atoms with E-state index in [1.54, 1.807) is 11.0 Å². The Morgan fingerprint density at radius 1 is 1.33 bits per heavy atom. The van der Waals surface area contributed by atoms with Gasteiger partial charge in [-0.2, -0.15) is 0 Å². The Hall–Kier alpha value is -2.54. The van der Waals surface area contributed by atoms with Gasteiger partial charge in [-0.1, -0.05) is 6.07 Å². The first kappa shape index (κ1) is 17.9. The van der Waals surface area contributed by atoms with Crippen molar-refractivity contribution in [3.8, 4) is 0 Å². The Morgan fingerprint density at radius 2 is 2.15 bits per heavy atom. The number of aromatic nitrogens is 2. The molecule has 1 aliphatic rings. The van der Waals surface area contributed by atoms with Crippen molar-refractivity contribution in [2.45, 2.75) is 39.7 Å². The number of hydrogen-bond acceptors (Lipinski definition) is 4. The highest BCUT2D eigenvalue weighted by atomic mass is 32.1. The number of anilines is 1. The highest BCUT2D eigenvalue weighted by molar-refractivity contribution is 7.18. The fourth-order valence-electron chi connectivity index (χ4n) is 3.59. The number of fused-ring (bicyclic) bond motifs is 2. The van der Waals surface area contributed by atoms with Crippen molar-refractivity contribution in [2.75, 3.05) is 11.4 Å². The van der Waals surface area contributed by atoms with Gasteiger partial charge in [0.2, 0.25) is 5.91 Å². The van der Waals surface area contributed by atoms with Crippen LogP contribution >= 0.6 is 11.3 Å². The van der Waals surface area contributed by atoms with E-state index in [1.165, 1.54) is 34.4 Å². The standard InChI is InChI=1S/C20H20FN3O2S/c1-12-13(2)27-19-18(12)20(26)23(11-22-19)9-7-17(25)24-8-3-4-14-5-6-15(21)10-16(14)24/h5-6,10-11H,3-4,7-9H2,1-2H3. The zero-order valence-electron chi connectivity index (χ0n) is 15.3. The fourth-order valence-corrected chi connectivity index (χ4v) is 4.57. The lowest BCUT2D eigenvalue weighted by atomic mass is 10.0. The first-order valence-corrected chi connectivity index (χ1v) is 9.81. The van der Waals surface area contributed by atoms with E-state index >= 15 is 0 Å². The second kappa shape index (κ2) is 6.88. The summed E-state index contributed by atoms with van der Waals surface area (Å²) < 4.78 is 15.1. The van der Waals surface area contributed by atoms with Gasteiger partial charge in [-0.25, -0.2) is 9.37 Å². The van der Waals surface area contributed by atoms with Crippen molar-refractivity contribution in [3.05, 3.63) is 56.7 Å². The van der Waals surface area contributed by atoms with Crippen molar-refractivity contribution in [3.63, 3.8) is 0 Å². The Labute approximate surface area is 160 Å². The van der Waals surface area contributed by atoms with E-state index in [0.717, 1.165) is 33.7 Å². The van der Waals surface area contributed by atoms with Gasteiger partial charge in [0.05, 0.1) is 11.7 Å². The summed E-state index contributed by atoms with van der Waals surface area (Å²) in [7, 11) is 0. The van der Waals surface area contributed by atoms with Crippen LogP contribution in [0.4, 0.5) is 10.1 Å². The molecule has 0 atom stereocenters. The highest BCUT2D eigenvalue weighted by Crippen LogP contribution is 2.29. The topological polar surface area (TPSA) is 55.2 Å². The van der Waals surface area contributed by atoms with Crippen LogP contribution in [0.1, 0.15) is 28.8 Å². The van der Waals surface area contributed by atoms with Crippen LogP contribution in [0.5, 0.6) is 0 Å². The summed E-state index contributed by atoms with van der Waals surface area (Å²) in [5.41, 5.74) is 2.48. The molecule has 140 valence electrons. The first-order valence-electron chi connectivity index (χ1n) is 8.99. The third kappa shape index (κ3) is 3.16. The van der Waals surface area contributed by atoms with Gasteiger partial charge in [-0.05, 0) is 49.9 Å². The number of nitrogens with zero attached hydrogens (tertiary/aromatic N) is 3. The monoisotopic (exact) mass is 385 g/mol. The van der Waals surface area contributed by atoms with Gasteiger partial charge in [-0.3, -0.25) is 14.2 Å². The van der Waals surface area contributed by atoms with Crippen molar-refractivity contribution in [2.24, 2.45) is 0 Å². The van der Waals surface area contributed by atoms with Crippen LogP contribution in [0.15, 0.2) is 29.3 Å². The van der Waals surface area contributed by atoms with Crippen LogP contribution < -0.4 is 10.5 Å². The molecule has 3 heterocycles. The minimum atomic E-state index is -0.345. The number of aryl methyl sites for hydroxylation is 4. The molecule has 27 heavy (non-hydrogen) atoms. The smallest absolute Gasteiger partial charge is 0.262 e. The number of carbonyl (C=O) groups is 1. The average Bonchev–Trinajstić information content (AvgIpc) is 2.95. The molecule has 0 spiro atoms. The van der Waals surface area contributed by atoms with E-state index in [2.05, 4.69) is 4.98 Å². The van der Waals surface area contributed by atoms with Gasteiger partial charge in [-0.15, -0.1) is 11.3 Å². The molecule has 0 saturated carbocycles. The summed E-state index contributed by atoms with van der Waals surface area (Å²) in [6.45, 7) is 4.73. The number of rotatable bonds is 3. The van der Waals surface area contributed by atoms with Crippen LogP contribution in [0.2, 0.25) is 0 Å². The largest absolute Gasteiger partial charge is 0.312 e. The molecular weight excluding hydrogens is 365 g/mol. The number of carbonyl (C=O) groups excluding carboxylic acids is 1. The van der Waals surface area contributed by atoms with Gasteiger partial charge in [0, 0.05) is 30.1 Å². The lowest BCUT2D eigenvalue weighted by Gasteiger charge is -2.29. The first-order chi connectivity index (χ1) is 13.0. The zero-order valence-corrected chi connectivity index (χ0v) is 16.1. The number of halogens is 1. The summed E-state index contributed by atoms with van der Waals surface area (Å²) in [6.07, 6.45) is 3.38. The second-order valence-corrected chi connectivity index (χ2v) is 8.08. The van der Waals surface area contributed by atoms with Crippen LogP contribution in [-0.2, 0) is 17.8 Å². The predicted octanol–water partition coefficient (Wildman–Crippen LogP) is 3.58. The molecule has 0 N–H and O–H groups in total. The maximum atomic E-state index is 13.6. The van der Waals surface area contributed by atoms with E-state index in [-0.39, 0.29) is 30.2 Å². The molecule has 5 nitrogen and oxygen atoms in total. The lowest BCUT2D eigenvalue weighted by Crippen LogP contribution is -2.36. The molecule has 0 saturated heterocycles. The molecule has 1 amide bonds. The fraction of sp³-hybridized carbons (Fsp3) is 0.350. The van der Waals surface area contributed by atoms with Crippen molar-refractivity contribution in [1.82, 2.24) is 9.55 Å². The number of thiophene rings is 1. The summed E-state index contributed by atoms with van der Waals surface area (Å²) in [5, 5.41) is 0.637. The van der Waals surface area contributed by atoms with Crippen LogP contribution in [-0.4, -0.2) is 22.0 Å². The summed E-state index contributed by atoms with van der Waals surface area (Å²) >= 11 is 1.51. The average molecular weight is 385 g/mol. The van der Waals surface area contributed by atoms with Crippen LogP contribution in [0.25, 0.3) is 10.2 Å². The van der Waals surface area contributed by atoms with Gasteiger partial charge < -0.3 is 4.90 Å². The summed E-state index contributed by atoms with van der Waals surface area (Å²) in [6, 6.07) is 4.59. The van der Waals surface area contributed by atoms with E-state index in [9.17, 15) is 14.0 Å². The maximum Gasteiger partial charge on any atom is 0.262 e. The van der Waals surface area contributed by atoms with E-state index < -0.39 is 0 Å². The second-order valence-electron chi connectivity index (χ2n) is 6.88.